The maximum absolute atomic E-state index is 12.5. The molecule has 0 bridgehead atoms. The molecule has 0 atom stereocenters. The molecular weight excluding hydrogens is 334 g/mol. The van der Waals surface area contributed by atoms with E-state index in [-0.39, 0.29) is 5.91 Å². The van der Waals surface area contributed by atoms with Crippen LogP contribution in [-0.4, -0.2) is 32.4 Å². The summed E-state index contributed by atoms with van der Waals surface area (Å²) in [5, 5.41) is 6.05. The number of rotatable bonds is 6. The van der Waals surface area contributed by atoms with Crippen molar-refractivity contribution in [3.63, 3.8) is 0 Å². The zero-order chi connectivity index (χ0) is 17.1. The number of hydrogen-bond acceptors (Lipinski definition) is 4. The predicted molar refractivity (Wildman–Crippen MR) is 97.8 cm³/mol. The van der Waals surface area contributed by atoms with E-state index in [0.717, 1.165) is 39.2 Å². The van der Waals surface area contributed by atoms with Gasteiger partial charge in [0.15, 0.2) is 0 Å². The van der Waals surface area contributed by atoms with Crippen molar-refractivity contribution in [2.75, 3.05) is 6.54 Å². The summed E-state index contributed by atoms with van der Waals surface area (Å²) in [6.07, 6.45) is 8.55. The van der Waals surface area contributed by atoms with Gasteiger partial charge in [-0.05, 0) is 41.1 Å². The molecule has 0 aliphatic carbocycles. The number of imidazole rings is 1. The lowest BCUT2D eigenvalue weighted by Crippen LogP contribution is -2.25. The van der Waals surface area contributed by atoms with Crippen LogP contribution in [0.2, 0.25) is 0 Å². The number of fused-ring (bicyclic) bond motifs is 1. The fourth-order valence-corrected chi connectivity index (χ4v) is 3.70. The van der Waals surface area contributed by atoms with E-state index in [1.165, 1.54) is 11.3 Å². The minimum absolute atomic E-state index is 0.0242. The molecule has 126 valence electrons. The lowest BCUT2D eigenvalue weighted by molar-refractivity contribution is 0.0957. The van der Waals surface area contributed by atoms with Crippen molar-refractivity contribution in [2.45, 2.75) is 12.8 Å². The fraction of sp³-hybridized carbons (Fsp3) is 0.167. The number of amides is 1. The number of pyridine rings is 1. The Bertz CT molecular complexity index is 986. The summed E-state index contributed by atoms with van der Waals surface area (Å²) in [6, 6.07) is 6.05. The Balaban J connectivity index is 1.46. The van der Waals surface area contributed by atoms with Crippen molar-refractivity contribution >= 4 is 28.3 Å². The Morgan fingerprint density at radius 2 is 2.16 bits per heavy atom. The molecule has 7 heteroatoms. The van der Waals surface area contributed by atoms with E-state index in [9.17, 15) is 4.79 Å². The van der Waals surface area contributed by atoms with Gasteiger partial charge in [0.1, 0.15) is 5.65 Å². The van der Waals surface area contributed by atoms with E-state index in [2.05, 4.69) is 25.3 Å². The molecule has 0 aromatic carbocycles. The molecule has 6 nitrogen and oxygen atoms in total. The first kappa shape index (κ1) is 15.6. The number of aromatic amines is 2. The minimum atomic E-state index is -0.0242. The highest BCUT2D eigenvalue weighted by molar-refractivity contribution is 7.12. The average molecular weight is 351 g/mol. The van der Waals surface area contributed by atoms with Crippen LogP contribution in [0.5, 0.6) is 0 Å². The molecule has 4 heterocycles. The molecular formula is C18H17N5OS. The number of aromatic nitrogens is 4. The summed E-state index contributed by atoms with van der Waals surface area (Å²) >= 11 is 1.48. The second-order valence-electron chi connectivity index (χ2n) is 5.74. The monoisotopic (exact) mass is 351 g/mol. The SMILES string of the molecule is O=C(NCCc1cnc[nH]1)c1sccc1Cc1ccnc2[nH]ccc12. The van der Waals surface area contributed by atoms with Gasteiger partial charge < -0.3 is 15.3 Å². The van der Waals surface area contributed by atoms with Crippen molar-refractivity contribution in [1.82, 2.24) is 25.3 Å². The quantitative estimate of drug-likeness (QED) is 0.499. The number of carbonyl (C=O) groups excluding carboxylic acids is 1. The lowest BCUT2D eigenvalue weighted by atomic mass is 10.0. The summed E-state index contributed by atoms with van der Waals surface area (Å²) in [5.41, 5.74) is 4.09. The molecule has 0 spiro atoms. The summed E-state index contributed by atoms with van der Waals surface area (Å²) in [5.74, 6) is -0.0242. The maximum atomic E-state index is 12.5. The zero-order valence-electron chi connectivity index (χ0n) is 13.5. The standard InChI is InChI=1S/C18H17N5OS/c24-18(22-6-2-14-10-19-11-23-14)16-13(4-8-25-16)9-12-1-5-20-17-15(12)3-7-21-17/h1,3-5,7-8,10-11H,2,6,9H2,(H,19,23)(H,20,21)(H,22,24). The van der Waals surface area contributed by atoms with Crippen molar-refractivity contribution in [1.29, 1.82) is 0 Å². The molecule has 4 aromatic heterocycles. The summed E-state index contributed by atoms with van der Waals surface area (Å²) in [7, 11) is 0. The first-order chi connectivity index (χ1) is 12.3. The summed E-state index contributed by atoms with van der Waals surface area (Å²) in [6.45, 7) is 0.579. The Morgan fingerprint density at radius 1 is 1.20 bits per heavy atom. The highest BCUT2D eigenvalue weighted by Crippen LogP contribution is 2.24. The van der Waals surface area contributed by atoms with Crippen molar-refractivity contribution in [2.24, 2.45) is 0 Å². The van der Waals surface area contributed by atoms with Crippen molar-refractivity contribution in [3.05, 3.63) is 70.2 Å². The van der Waals surface area contributed by atoms with E-state index in [1.807, 2.05) is 29.8 Å². The van der Waals surface area contributed by atoms with Gasteiger partial charge in [0.25, 0.3) is 5.91 Å². The number of nitrogens with zero attached hydrogens (tertiary/aromatic N) is 2. The summed E-state index contributed by atoms with van der Waals surface area (Å²) in [4.78, 5) is 27.7. The Labute approximate surface area is 148 Å². The highest BCUT2D eigenvalue weighted by Gasteiger charge is 2.14. The predicted octanol–water partition coefficient (Wildman–Crippen LogP) is 2.91. The molecule has 0 unspecified atom stereocenters. The van der Waals surface area contributed by atoms with Crippen LogP contribution in [-0.2, 0) is 12.8 Å². The third-order valence-electron chi connectivity index (χ3n) is 4.12. The topological polar surface area (TPSA) is 86.5 Å². The molecule has 4 rings (SSSR count). The van der Waals surface area contributed by atoms with Crippen LogP contribution in [0.25, 0.3) is 11.0 Å². The molecule has 1 amide bonds. The Kier molecular flexibility index (Phi) is 4.30. The first-order valence-corrected chi connectivity index (χ1v) is 8.92. The first-order valence-electron chi connectivity index (χ1n) is 8.04. The van der Waals surface area contributed by atoms with Crippen LogP contribution < -0.4 is 5.32 Å². The van der Waals surface area contributed by atoms with Crippen LogP contribution in [0, 0.1) is 0 Å². The molecule has 4 aromatic rings. The van der Waals surface area contributed by atoms with Gasteiger partial charge in [-0.3, -0.25) is 4.79 Å². The van der Waals surface area contributed by atoms with Crippen LogP contribution in [0.1, 0.15) is 26.5 Å². The molecule has 0 saturated heterocycles. The molecule has 3 N–H and O–H groups in total. The van der Waals surface area contributed by atoms with Gasteiger partial charge in [-0.1, -0.05) is 0 Å². The third-order valence-corrected chi connectivity index (χ3v) is 5.07. The number of hydrogen-bond donors (Lipinski definition) is 3. The zero-order valence-corrected chi connectivity index (χ0v) is 14.3. The van der Waals surface area contributed by atoms with Crippen LogP contribution in [0.15, 0.2) is 48.5 Å². The maximum Gasteiger partial charge on any atom is 0.261 e. The molecule has 0 saturated carbocycles. The van der Waals surface area contributed by atoms with Gasteiger partial charge in [0.05, 0.1) is 11.2 Å². The second-order valence-corrected chi connectivity index (χ2v) is 6.66. The van der Waals surface area contributed by atoms with Gasteiger partial charge >= 0.3 is 0 Å². The van der Waals surface area contributed by atoms with Crippen LogP contribution in [0.3, 0.4) is 0 Å². The smallest absolute Gasteiger partial charge is 0.261 e. The van der Waals surface area contributed by atoms with E-state index in [1.54, 1.807) is 18.7 Å². The Hall–Kier alpha value is -2.93. The number of carbonyl (C=O) groups is 1. The molecule has 0 radical (unpaired) electrons. The van der Waals surface area contributed by atoms with Gasteiger partial charge in [-0.25, -0.2) is 9.97 Å². The van der Waals surface area contributed by atoms with Crippen molar-refractivity contribution in [3.8, 4) is 0 Å². The van der Waals surface area contributed by atoms with Gasteiger partial charge in [-0.15, -0.1) is 11.3 Å². The fourth-order valence-electron chi connectivity index (χ4n) is 2.86. The summed E-state index contributed by atoms with van der Waals surface area (Å²) < 4.78 is 0. The largest absolute Gasteiger partial charge is 0.351 e. The number of nitrogens with one attached hydrogen (secondary N) is 3. The van der Waals surface area contributed by atoms with Crippen LogP contribution in [0.4, 0.5) is 0 Å². The Morgan fingerprint density at radius 3 is 3.04 bits per heavy atom. The molecule has 0 fully saturated rings. The average Bonchev–Trinajstić information content (AvgIpc) is 3.36. The lowest BCUT2D eigenvalue weighted by Gasteiger charge is -2.07. The van der Waals surface area contributed by atoms with Gasteiger partial charge in [0.2, 0.25) is 0 Å². The van der Waals surface area contributed by atoms with E-state index in [4.69, 9.17) is 0 Å². The second kappa shape index (κ2) is 6.90. The van der Waals surface area contributed by atoms with E-state index >= 15 is 0 Å². The van der Waals surface area contributed by atoms with Gasteiger partial charge in [0, 0.05) is 42.6 Å². The molecule has 25 heavy (non-hydrogen) atoms. The van der Waals surface area contributed by atoms with Crippen molar-refractivity contribution < 1.29 is 4.79 Å². The van der Waals surface area contributed by atoms with E-state index < -0.39 is 0 Å². The molecule has 0 aliphatic rings. The molecule has 0 aliphatic heterocycles. The minimum Gasteiger partial charge on any atom is -0.351 e. The number of thiophene rings is 1. The number of H-pyrrole nitrogens is 2. The van der Waals surface area contributed by atoms with Gasteiger partial charge in [-0.2, -0.15) is 0 Å². The van der Waals surface area contributed by atoms with E-state index in [0.29, 0.717) is 13.0 Å². The highest BCUT2D eigenvalue weighted by atomic mass is 32.1. The van der Waals surface area contributed by atoms with Crippen LogP contribution >= 0.6 is 11.3 Å². The normalized spacial score (nSPS) is 11.0. The third kappa shape index (κ3) is 3.32.